The zero-order valence-electron chi connectivity index (χ0n) is 43.7. The average Bonchev–Trinajstić information content (AvgIpc) is 3.42. The second-order valence-corrected chi connectivity index (χ2v) is 20.7. The van der Waals surface area contributed by atoms with Gasteiger partial charge in [0, 0.05) is 74.6 Å². The van der Waals surface area contributed by atoms with Crippen molar-refractivity contribution in [3.63, 3.8) is 0 Å². The third-order valence-corrected chi connectivity index (χ3v) is 15.8. The number of rotatable bonds is 23. The van der Waals surface area contributed by atoms with Crippen molar-refractivity contribution in [3.8, 4) is 0 Å². The summed E-state index contributed by atoms with van der Waals surface area (Å²) in [6.45, 7) is 8.85. The number of benzene rings is 3. The second-order valence-electron chi connectivity index (χ2n) is 20.7. The highest BCUT2D eigenvalue weighted by atomic mass is 16.6. The molecule has 5 unspecified atom stereocenters. The molecule has 1 aliphatic heterocycles. The third-order valence-electron chi connectivity index (χ3n) is 15.8. The molecule has 3 aromatic rings. The molecule has 19 nitrogen and oxygen atoms in total. The largest absolute Gasteiger partial charge is 0.462 e. The molecule has 2 saturated carbocycles. The van der Waals surface area contributed by atoms with Crippen LogP contribution in [0.5, 0.6) is 0 Å². The van der Waals surface area contributed by atoms with Crippen LogP contribution in [-0.4, -0.2) is 147 Å². The van der Waals surface area contributed by atoms with E-state index in [4.69, 9.17) is 38.9 Å². The minimum atomic E-state index is -2.07. The molecule has 7 rings (SSSR count). The van der Waals surface area contributed by atoms with Crippen LogP contribution in [0.25, 0.3) is 0 Å². The Morgan fingerprint density at radius 2 is 1.46 bits per heavy atom. The molecule has 410 valence electrons. The summed E-state index contributed by atoms with van der Waals surface area (Å²) in [7, 11) is 0. The summed E-state index contributed by atoms with van der Waals surface area (Å²) in [5.74, 6) is -8.86. The Bertz CT molecular complexity index is 2580. The molecule has 2 bridgehead atoms. The molecule has 0 aromatic heterocycles. The van der Waals surface area contributed by atoms with E-state index < -0.39 is 125 Å². The fourth-order valence-corrected chi connectivity index (χ4v) is 11.7. The predicted molar refractivity (Wildman–Crippen MR) is 273 cm³/mol. The SMILES string of the molecule is CC(=O)O[C@H]1C(=O)[C@@]2(C)C(C(COC(=O)c3ccccc3)[C@]3(O)CC(OC(=O)C(OC(=O)CCC(=O)NCCOCCOCCN)C(CNC(=O)c4ccccc4)c4ccccc4)C(C)=C1C3(C)C)[C@@H]1CO[C@@H]1C[C@@H]2O. The number of carbonyl (C=O) groups excluding carboxylic acids is 7. The monoisotopic (exact) mass is 1050 g/mol. The number of nitrogens with one attached hydrogen (secondary N) is 2. The molecule has 11 atom stereocenters. The first-order valence-electron chi connectivity index (χ1n) is 25.9. The van der Waals surface area contributed by atoms with E-state index in [0.29, 0.717) is 37.5 Å². The number of amides is 2. The normalized spacial score (nSPS) is 27.1. The van der Waals surface area contributed by atoms with Crippen LogP contribution in [0.4, 0.5) is 0 Å². The number of hydrogen-bond acceptors (Lipinski definition) is 17. The lowest BCUT2D eigenvalue weighted by Crippen LogP contribution is -2.73. The van der Waals surface area contributed by atoms with Crippen molar-refractivity contribution >= 4 is 41.5 Å². The van der Waals surface area contributed by atoms with Crippen molar-refractivity contribution in [2.75, 3.05) is 59.3 Å². The van der Waals surface area contributed by atoms with Crippen molar-refractivity contribution < 1.29 is 76.9 Å². The van der Waals surface area contributed by atoms with Gasteiger partial charge in [-0.3, -0.25) is 24.0 Å². The zero-order valence-corrected chi connectivity index (χ0v) is 43.7. The molecule has 1 saturated heterocycles. The van der Waals surface area contributed by atoms with Gasteiger partial charge >= 0.3 is 23.9 Å². The summed E-state index contributed by atoms with van der Waals surface area (Å²) in [5.41, 5.74) is 1.54. The Morgan fingerprint density at radius 3 is 2.08 bits per heavy atom. The molecule has 3 aliphatic carbocycles. The van der Waals surface area contributed by atoms with E-state index in [0.717, 1.165) is 6.92 Å². The topological polar surface area (TPSA) is 275 Å². The van der Waals surface area contributed by atoms with Gasteiger partial charge in [-0.25, -0.2) is 9.59 Å². The molecule has 0 radical (unpaired) electrons. The van der Waals surface area contributed by atoms with Gasteiger partial charge in [0.25, 0.3) is 5.91 Å². The van der Waals surface area contributed by atoms with Gasteiger partial charge in [-0.15, -0.1) is 0 Å². The number of fused-ring (bicyclic) bond motifs is 5. The quantitative estimate of drug-likeness (QED) is 0.0391. The molecule has 2 amide bonds. The Morgan fingerprint density at radius 1 is 0.829 bits per heavy atom. The van der Waals surface area contributed by atoms with Crippen LogP contribution in [0.1, 0.15) is 92.5 Å². The summed E-state index contributed by atoms with van der Waals surface area (Å²) in [6, 6.07) is 25.1. The van der Waals surface area contributed by atoms with Crippen molar-refractivity contribution in [2.24, 2.45) is 34.3 Å². The fourth-order valence-electron chi connectivity index (χ4n) is 11.7. The van der Waals surface area contributed by atoms with Gasteiger partial charge in [-0.2, -0.15) is 0 Å². The number of ketones is 1. The first-order valence-corrected chi connectivity index (χ1v) is 25.9. The first-order chi connectivity index (χ1) is 36.3. The summed E-state index contributed by atoms with van der Waals surface area (Å²) in [6.07, 6.45) is -7.85. The van der Waals surface area contributed by atoms with Gasteiger partial charge in [0.05, 0.1) is 74.8 Å². The van der Waals surface area contributed by atoms with Gasteiger partial charge in [-0.05, 0) is 60.7 Å². The highest BCUT2D eigenvalue weighted by molar-refractivity contribution is 5.95. The molecule has 1 heterocycles. The number of aliphatic hydroxyl groups is 2. The van der Waals surface area contributed by atoms with Gasteiger partial charge < -0.3 is 59.7 Å². The molecular weight excluding hydrogens is 983 g/mol. The number of carbonyl (C=O) groups is 7. The molecular formula is C57H71N3O16. The van der Waals surface area contributed by atoms with Gasteiger partial charge in [0.2, 0.25) is 12.0 Å². The van der Waals surface area contributed by atoms with Gasteiger partial charge in [0.15, 0.2) is 11.9 Å². The van der Waals surface area contributed by atoms with E-state index >= 15 is 9.59 Å². The summed E-state index contributed by atoms with van der Waals surface area (Å²) >= 11 is 0. The minimum Gasteiger partial charge on any atom is -0.462 e. The van der Waals surface area contributed by atoms with Crippen LogP contribution in [0.3, 0.4) is 0 Å². The van der Waals surface area contributed by atoms with Gasteiger partial charge in [-0.1, -0.05) is 80.6 Å². The number of Topliss-reactive ketones (excluding diaryl/α,β-unsaturated/α-hetero) is 1. The Balaban J connectivity index is 1.25. The van der Waals surface area contributed by atoms with Gasteiger partial charge in [0.1, 0.15) is 6.10 Å². The van der Waals surface area contributed by atoms with Crippen molar-refractivity contribution in [1.29, 1.82) is 0 Å². The van der Waals surface area contributed by atoms with Crippen LogP contribution in [0.15, 0.2) is 102 Å². The highest BCUT2D eigenvalue weighted by Gasteiger charge is 2.71. The van der Waals surface area contributed by atoms with Crippen molar-refractivity contribution in [2.45, 2.75) is 102 Å². The Labute approximate surface area is 442 Å². The number of nitrogens with two attached hydrogens (primary N) is 1. The fraction of sp³-hybridized carbons (Fsp3) is 0.526. The van der Waals surface area contributed by atoms with E-state index in [1.165, 1.54) is 0 Å². The molecule has 4 aliphatic rings. The minimum absolute atomic E-state index is 0.0768. The maximum atomic E-state index is 15.6. The summed E-state index contributed by atoms with van der Waals surface area (Å²) < 4.78 is 41.2. The molecule has 6 N–H and O–H groups in total. The Hall–Kier alpha value is -6.35. The average molecular weight is 1050 g/mol. The standard InChI is InChI=1S/C57H71N3O16/c1-34-43(30-57(69)41(33-73-53(67)38-19-13-8-14-20-38)48-40-32-72-42(40)29-44(62)56(48,5)51(65)50(74-35(2)61)47(34)55(57,3)4)75-54(68)49(76-46(64)22-21-45(63)59-24-26-71-28-27-70-25-23-58)39(36-15-9-6-10-16-36)31-60-52(66)37-17-11-7-12-18-37/h6-20,39-44,48-50,62,69H,21-33,58H2,1-5H3,(H,59,63)(H,60,66)/t39?,40-,41?,42-,43?,44+,48?,49?,50-,56-,57-/m1/s1. The maximum Gasteiger partial charge on any atom is 0.348 e. The second kappa shape index (κ2) is 25.2. The molecule has 3 fully saturated rings. The molecule has 0 spiro atoms. The zero-order chi connectivity index (χ0) is 54.8. The van der Waals surface area contributed by atoms with Crippen LogP contribution in [-0.2, 0) is 57.1 Å². The number of hydrogen-bond donors (Lipinski definition) is 5. The predicted octanol–water partition coefficient (Wildman–Crippen LogP) is 3.78. The lowest BCUT2D eigenvalue weighted by atomic mass is 9.43. The van der Waals surface area contributed by atoms with Crippen molar-refractivity contribution in [3.05, 3.63) is 119 Å². The number of aliphatic hydroxyl groups excluding tert-OH is 1. The van der Waals surface area contributed by atoms with E-state index in [2.05, 4.69) is 10.6 Å². The van der Waals surface area contributed by atoms with E-state index in [9.17, 15) is 34.2 Å². The Kier molecular flexibility index (Phi) is 19.0. The number of esters is 4. The van der Waals surface area contributed by atoms with E-state index in [-0.39, 0.29) is 62.3 Å². The first kappa shape index (κ1) is 57.4. The van der Waals surface area contributed by atoms with E-state index in [1.807, 2.05) is 0 Å². The van der Waals surface area contributed by atoms with Crippen LogP contribution >= 0.6 is 0 Å². The lowest BCUT2D eigenvalue weighted by Gasteiger charge is -2.65. The van der Waals surface area contributed by atoms with Crippen molar-refractivity contribution in [1.82, 2.24) is 10.6 Å². The van der Waals surface area contributed by atoms with E-state index in [1.54, 1.807) is 119 Å². The maximum absolute atomic E-state index is 15.6. The molecule has 3 aromatic carbocycles. The molecule has 19 heteroatoms. The van der Waals surface area contributed by atoms with Crippen LogP contribution < -0.4 is 16.4 Å². The highest BCUT2D eigenvalue weighted by Crippen LogP contribution is 2.64. The number of ether oxygens (including phenoxy) is 7. The lowest BCUT2D eigenvalue weighted by molar-refractivity contribution is -0.268. The molecule has 76 heavy (non-hydrogen) atoms. The summed E-state index contributed by atoms with van der Waals surface area (Å²) in [4.78, 5) is 98.2. The van der Waals surface area contributed by atoms with Crippen LogP contribution in [0, 0.1) is 28.6 Å². The smallest absolute Gasteiger partial charge is 0.348 e. The summed E-state index contributed by atoms with van der Waals surface area (Å²) in [5, 5.41) is 31.5. The third kappa shape index (κ3) is 12.4. The van der Waals surface area contributed by atoms with Crippen LogP contribution in [0.2, 0.25) is 0 Å².